The Kier molecular flexibility index (Phi) is 4.43. The largest absolute Gasteiger partial charge is 0.508 e. The van der Waals surface area contributed by atoms with Crippen LogP contribution in [0.25, 0.3) is 0 Å². The van der Waals surface area contributed by atoms with Crippen molar-refractivity contribution >= 4 is 0 Å². The van der Waals surface area contributed by atoms with Gasteiger partial charge in [-0.25, -0.2) is 0 Å². The van der Waals surface area contributed by atoms with Gasteiger partial charge >= 0.3 is 0 Å². The minimum atomic E-state index is 0.193. The molecule has 2 rings (SSSR count). The molecule has 1 saturated carbocycles. The normalized spacial score (nSPS) is 30.6. The van der Waals surface area contributed by atoms with Crippen LogP contribution >= 0.6 is 0 Å². The third-order valence-corrected chi connectivity index (χ3v) is 5.63. The summed E-state index contributed by atoms with van der Waals surface area (Å²) in [6.07, 6.45) is 7.54. The minimum Gasteiger partial charge on any atom is -0.508 e. The Balaban J connectivity index is 2.53. The third kappa shape index (κ3) is 2.35. The molecule has 1 aliphatic rings. The first-order valence-electron chi connectivity index (χ1n) is 7.93. The predicted octanol–water partition coefficient (Wildman–Crippen LogP) is 4.32. The van der Waals surface area contributed by atoms with Crippen molar-refractivity contribution < 1.29 is 5.11 Å². The smallest absolute Gasteiger partial charge is 0.115 e. The third-order valence-electron chi connectivity index (χ3n) is 5.63. The number of likely N-dealkylation sites (N-methyl/N-ethyl adjacent to an activating group) is 1. The van der Waals surface area contributed by atoms with E-state index in [4.69, 9.17) is 0 Å². The van der Waals surface area contributed by atoms with Gasteiger partial charge in [0.05, 0.1) is 0 Å². The van der Waals surface area contributed by atoms with Crippen LogP contribution in [-0.4, -0.2) is 29.6 Å². The molecule has 0 bridgehead atoms. The average Bonchev–Trinajstić information content (AvgIpc) is 2.42. The van der Waals surface area contributed by atoms with E-state index < -0.39 is 0 Å². The maximum Gasteiger partial charge on any atom is 0.115 e. The minimum absolute atomic E-state index is 0.193. The first kappa shape index (κ1) is 15.4. The van der Waals surface area contributed by atoms with E-state index in [1.165, 1.54) is 44.1 Å². The van der Waals surface area contributed by atoms with Crippen LogP contribution in [0, 0.1) is 0 Å². The Morgan fingerprint density at radius 2 is 1.70 bits per heavy atom. The molecule has 1 N–H and O–H groups in total. The molecule has 2 unspecified atom stereocenters. The lowest BCUT2D eigenvalue weighted by Crippen LogP contribution is -2.59. The van der Waals surface area contributed by atoms with E-state index in [9.17, 15) is 5.11 Å². The second kappa shape index (κ2) is 5.77. The number of phenols is 1. The Bertz CT molecular complexity index is 435. The molecule has 1 aromatic rings. The Labute approximate surface area is 123 Å². The number of nitrogens with zero attached hydrogens (tertiary/aromatic N) is 1. The van der Waals surface area contributed by atoms with Gasteiger partial charge in [-0.2, -0.15) is 0 Å². The molecule has 0 spiro atoms. The lowest BCUT2D eigenvalue weighted by atomic mass is 9.56. The summed E-state index contributed by atoms with van der Waals surface area (Å²) in [7, 11) is 4.44. The Morgan fingerprint density at radius 1 is 1.10 bits per heavy atom. The van der Waals surface area contributed by atoms with Gasteiger partial charge in [0.2, 0.25) is 0 Å². The van der Waals surface area contributed by atoms with Gasteiger partial charge in [-0.15, -0.1) is 0 Å². The number of aromatic hydroxyl groups is 1. The lowest BCUT2D eigenvalue weighted by Gasteiger charge is -2.56. The van der Waals surface area contributed by atoms with Crippen molar-refractivity contribution in [2.75, 3.05) is 14.1 Å². The molecule has 2 atom stereocenters. The SMILES string of the molecule is CCCC1(c2ccc(O)cc2)CCCCC1(C)N(C)C. The maximum absolute atomic E-state index is 9.60. The number of hydrogen-bond donors (Lipinski definition) is 1. The fourth-order valence-electron chi connectivity index (χ4n) is 4.26. The van der Waals surface area contributed by atoms with Crippen molar-refractivity contribution in [3.63, 3.8) is 0 Å². The first-order chi connectivity index (χ1) is 9.46. The van der Waals surface area contributed by atoms with Gasteiger partial charge in [0, 0.05) is 11.0 Å². The molecule has 2 heteroatoms. The summed E-state index contributed by atoms with van der Waals surface area (Å²) >= 11 is 0. The van der Waals surface area contributed by atoms with Gasteiger partial charge in [-0.1, -0.05) is 38.3 Å². The zero-order valence-electron chi connectivity index (χ0n) is 13.4. The van der Waals surface area contributed by atoms with Crippen LogP contribution in [0.4, 0.5) is 0 Å². The summed E-state index contributed by atoms with van der Waals surface area (Å²) in [5.41, 5.74) is 1.79. The molecule has 20 heavy (non-hydrogen) atoms. The van der Waals surface area contributed by atoms with Crippen LogP contribution in [0.5, 0.6) is 5.75 Å². The quantitative estimate of drug-likeness (QED) is 0.884. The molecule has 0 aromatic heterocycles. The number of phenolic OH excluding ortho intramolecular Hbond substituents is 1. The highest BCUT2D eigenvalue weighted by atomic mass is 16.3. The van der Waals surface area contributed by atoms with E-state index in [1.54, 1.807) is 0 Å². The molecule has 2 nitrogen and oxygen atoms in total. The van der Waals surface area contributed by atoms with Gasteiger partial charge < -0.3 is 10.0 Å². The maximum atomic E-state index is 9.60. The number of hydrogen-bond acceptors (Lipinski definition) is 2. The van der Waals surface area contributed by atoms with Crippen LogP contribution in [-0.2, 0) is 5.41 Å². The van der Waals surface area contributed by atoms with Crippen molar-refractivity contribution in [2.24, 2.45) is 0 Å². The molecule has 1 aromatic carbocycles. The van der Waals surface area contributed by atoms with Crippen molar-refractivity contribution in [3.05, 3.63) is 29.8 Å². The van der Waals surface area contributed by atoms with Gasteiger partial charge in [0.25, 0.3) is 0 Å². The van der Waals surface area contributed by atoms with Crippen LogP contribution in [0.2, 0.25) is 0 Å². The molecule has 0 saturated heterocycles. The fourth-order valence-corrected chi connectivity index (χ4v) is 4.26. The van der Waals surface area contributed by atoms with E-state index in [0.717, 1.165) is 0 Å². The average molecular weight is 275 g/mol. The zero-order valence-corrected chi connectivity index (χ0v) is 13.4. The van der Waals surface area contributed by atoms with Gasteiger partial charge in [-0.05, 0) is 58.0 Å². The van der Waals surface area contributed by atoms with E-state index in [2.05, 4.69) is 45.0 Å². The van der Waals surface area contributed by atoms with Crippen molar-refractivity contribution in [3.8, 4) is 5.75 Å². The van der Waals surface area contributed by atoms with E-state index in [-0.39, 0.29) is 11.0 Å². The van der Waals surface area contributed by atoms with E-state index >= 15 is 0 Å². The molecule has 0 radical (unpaired) electrons. The van der Waals surface area contributed by atoms with Crippen LogP contribution in [0.1, 0.15) is 57.9 Å². The number of rotatable bonds is 4. The van der Waals surface area contributed by atoms with Crippen molar-refractivity contribution in [2.45, 2.75) is 63.3 Å². The zero-order chi connectivity index (χ0) is 14.8. The summed E-state index contributed by atoms with van der Waals surface area (Å²) in [5, 5.41) is 9.60. The van der Waals surface area contributed by atoms with Crippen LogP contribution < -0.4 is 0 Å². The van der Waals surface area contributed by atoms with Gasteiger partial charge in [0.1, 0.15) is 5.75 Å². The Hall–Kier alpha value is -1.02. The monoisotopic (exact) mass is 275 g/mol. The van der Waals surface area contributed by atoms with Crippen LogP contribution in [0.15, 0.2) is 24.3 Å². The van der Waals surface area contributed by atoms with Crippen molar-refractivity contribution in [1.29, 1.82) is 0 Å². The molecule has 1 fully saturated rings. The lowest BCUT2D eigenvalue weighted by molar-refractivity contribution is 0.0182. The highest BCUT2D eigenvalue weighted by Crippen LogP contribution is 2.51. The summed E-state index contributed by atoms with van der Waals surface area (Å²) in [5.74, 6) is 0.364. The summed E-state index contributed by atoms with van der Waals surface area (Å²) in [6.45, 7) is 4.71. The molecule has 112 valence electrons. The topological polar surface area (TPSA) is 23.5 Å². The molecular weight excluding hydrogens is 246 g/mol. The first-order valence-corrected chi connectivity index (χ1v) is 7.93. The highest BCUT2D eigenvalue weighted by molar-refractivity contribution is 5.36. The van der Waals surface area contributed by atoms with Gasteiger partial charge in [0.15, 0.2) is 0 Å². The molecular formula is C18H29NO. The fraction of sp³-hybridized carbons (Fsp3) is 0.667. The summed E-state index contributed by atoms with van der Waals surface area (Å²) in [4.78, 5) is 2.43. The molecule has 0 heterocycles. The summed E-state index contributed by atoms with van der Waals surface area (Å²) in [6, 6.07) is 7.96. The van der Waals surface area contributed by atoms with E-state index in [1.807, 2.05) is 12.1 Å². The van der Waals surface area contributed by atoms with Crippen LogP contribution in [0.3, 0.4) is 0 Å². The Morgan fingerprint density at radius 3 is 2.25 bits per heavy atom. The predicted molar refractivity (Wildman–Crippen MR) is 85.3 cm³/mol. The molecule has 0 amide bonds. The van der Waals surface area contributed by atoms with E-state index in [0.29, 0.717) is 5.75 Å². The second-order valence-corrected chi connectivity index (χ2v) is 6.75. The molecule has 0 aliphatic heterocycles. The standard InChI is InChI=1S/C18H29NO/c1-5-12-18(15-8-10-16(20)11-9-15)14-7-6-13-17(18,2)19(3)4/h8-11,20H,5-7,12-14H2,1-4H3. The summed E-state index contributed by atoms with van der Waals surface area (Å²) < 4.78 is 0. The number of benzene rings is 1. The van der Waals surface area contributed by atoms with Gasteiger partial charge in [-0.3, -0.25) is 0 Å². The van der Waals surface area contributed by atoms with Crippen molar-refractivity contribution in [1.82, 2.24) is 4.90 Å². The highest BCUT2D eigenvalue weighted by Gasteiger charge is 2.51. The second-order valence-electron chi connectivity index (χ2n) is 6.75. The molecule has 1 aliphatic carbocycles.